The van der Waals surface area contributed by atoms with E-state index < -0.39 is 0 Å². The molecule has 0 saturated heterocycles. The van der Waals surface area contributed by atoms with Gasteiger partial charge in [-0.05, 0) is 28.1 Å². The van der Waals surface area contributed by atoms with Gasteiger partial charge in [-0.1, -0.05) is 13.8 Å². The average molecular weight is 256 g/mol. The summed E-state index contributed by atoms with van der Waals surface area (Å²) in [6.45, 7) is 5.41. The summed E-state index contributed by atoms with van der Waals surface area (Å²) in [6.07, 6.45) is 0. The Balaban J connectivity index is 2.66. The van der Waals surface area contributed by atoms with Crippen molar-refractivity contribution < 1.29 is 4.74 Å². The van der Waals surface area contributed by atoms with Crippen LogP contribution in [0.2, 0.25) is 0 Å². The first-order valence-electron chi connectivity index (χ1n) is 4.67. The standard InChI is InChI=1S/C11H14BrNO/c1-11(2)6-13-10-7(12)4-5-8(14-3)9(10)11/h4-5,13H,6H2,1-3H3. The van der Waals surface area contributed by atoms with Crippen LogP contribution >= 0.6 is 15.9 Å². The molecule has 1 aromatic carbocycles. The second-order valence-corrected chi connectivity index (χ2v) is 5.09. The number of ether oxygens (including phenoxy) is 1. The molecule has 0 atom stereocenters. The Hall–Kier alpha value is -0.700. The lowest BCUT2D eigenvalue weighted by molar-refractivity contribution is 0.399. The molecule has 0 saturated carbocycles. The summed E-state index contributed by atoms with van der Waals surface area (Å²) in [5.41, 5.74) is 2.59. The molecule has 1 aromatic rings. The molecule has 0 spiro atoms. The van der Waals surface area contributed by atoms with Crippen LogP contribution in [0, 0.1) is 0 Å². The van der Waals surface area contributed by atoms with E-state index in [1.165, 1.54) is 11.3 Å². The average Bonchev–Trinajstić information content (AvgIpc) is 2.45. The van der Waals surface area contributed by atoms with Gasteiger partial charge < -0.3 is 10.1 Å². The van der Waals surface area contributed by atoms with Gasteiger partial charge in [0.2, 0.25) is 0 Å². The first-order valence-corrected chi connectivity index (χ1v) is 5.46. The predicted molar refractivity (Wildman–Crippen MR) is 62.2 cm³/mol. The molecule has 1 aliphatic rings. The van der Waals surface area contributed by atoms with Crippen molar-refractivity contribution in [3.05, 3.63) is 22.2 Å². The Labute approximate surface area is 92.8 Å². The third-order valence-corrected chi connectivity index (χ3v) is 3.38. The highest BCUT2D eigenvalue weighted by Crippen LogP contribution is 2.45. The smallest absolute Gasteiger partial charge is 0.124 e. The van der Waals surface area contributed by atoms with Crippen LogP contribution in [0.3, 0.4) is 0 Å². The number of rotatable bonds is 1. The first-order chi connectivity index (χ1) is 6.56. The van der Waals surface area contributed by atoms with Gasteiger partial charge in [-0.25, -0.2) is 0 Å². The number of methoxy groups -OCH3 is 1. The minimum Gasteiger partial charge on any atom is -0.496 e. The number of fused-ring (bicyclic) bond motifs is 1. The van der Waals surface area contributed by atoms with Gasteiger partial charge in [-0.2, -0.15) is 0 Å². The second kappa shape index (κ2) is 3.16. The second-order valence-electron chi connectivity index (χ2n) is 4.24. The van der Waals surface area contributed by atoms with Gasteiger partial charge in [0.25, 0.3) is 0 Å². The van der Waals surface area contributed by atoms with Crippen LogP contribution in [0.15, 0.2) is 16.6 Å². The van der Waals surface area contributed by atoms with E-state index in [-0.39, 0.29) is 5.41 Å². The van der Waals surface area contributed by atoms with E-state index in [0.29, 0.717) is 0 Å². The normalized spacial score (nSPS) is 17.4. The van der Waals surface area contributed by atoms with Gasteiger partial charge in [0.1, 0.15) is 5.75 Å². The first kappa shape index (κ1) is 9.84. The summed E-state index contributed by atoms with van der Waals surface area (Å²) in [6, 6.07) is 4.03. The van der Waals surface area contributed by atoms with Crippen molar-refractivity contribution in [2.24, 2.45) is 0 Å². The molecule has 0 unspecified atom stereocenters. The van der Waals surface area contributed by atoms with Gasteiger partial charge in [0.05, 0.1) is 12.8 Å². The van der Waals surface area contributed by atoms with E-state index >= 15 is 0 Å². The molecule has 0 bridgehead atoms. The lowest BCUT2D eigenvalue weighted by Crippen LogP contribution is -2.19. The van der Waals surface area contributed by atoms with E-state index in [2.05, 4.69) is 35.1 Å². The number of hydrogen-bond acceptors (Lipinski definition) is 2. The molecule has 0 aliphatic carbocycles. The van der Waals surface area contributed by atoms with Crippen LogP contribution in [0.5, 0.6) is 5.75 Å². The van der Waals surface area contributed by atoms with E-state index in [1.807, 2.05) is 12.1 Å². The zero-order valence-corrected chi connectivity index (χ0v) is 10.2. The van der Waals surface area contributed by atoms with Gasteiger partial charge >= 0.3 is 0 Å². The molecule has 0 radical (unpaired) electrons. The van der Waals surface area contributed by atoms with Crippen molar-refractivity contribution in [2.75, 3.05) is 19.0 Å². The summed E-state index contributed by atoms with van der Waals surface area (Å²) in [4.78, 5) is 0. The van der Waals surface area contributed by atoms with Crippen LogP contribution < -0.4 is 10.1 Å². The van der Waals surface area contributed by atoms with Crippen LogP contribution in [-0.2, 0) is 5.41 Å². The van der Waals surface area contributed by atoms with E-state index in [9.17, 15) is 0 Å². The molecule has 76 valence electrons. The van der Waals surface area contributed by atoms with E-state index in [0.717, 1.165) is 16.8 Å². The Kier molecular flexibility index (Phi) is 2.22. The van der Waals surface area contributed by atoms with Crippen LogP contribution in [-0.4, -0.2) is 13.7 Å². The molecule has 0 fully saturated rings. The molecule has 1 heterocycles. The monoisotopic (exact) mass is 255 g/mol. The zero-order chi connectivity index (χ0) is 10.3. The topological polar surface area (TPSA) is 21.3 Å². The maximum atomic E-state index is 5.39. The Morgan fingerprint density at radius 3 is 2.79 bits per heavy atom. The molecular weight excluding hydrogens is 242 g/mol. The molecule has 0 aromatic heterocycles. The summed E-state index contributed by atoms with van der Waals surface area (Å²) >= 11 is 3.54. The van der Waals surface area contributed by atoms with Gasteiger partial charge in [-0.3, -0.25) is 0 Å². The minimum atomic E-state index is 0.143. The van der Waals surface area contributed by atoms with Gasteiger partial charge in [0.15, 0.2) is 0 Å². The number of nitrogens with one attached hydrogen (secondary N) is 1. The van der Waals surface area contributed by atoms with Crippen molar-refractivity contribution in [3.63, 3.8) is 0 Å². The maximum Gasteiger partial charge on any atom is 0.124 e. The van der Waals surface area contributed by atoms with Crippen LogP contribution in [0.1, 0.15) is 19.4 Å². The molecular formula is C11H14BrNO. The van der Waals surface area contributed by atoms with Crippen LogP contribution in [0.25, 0.3) is 0 Å². The summed E-state index contributed by atoms with van der Waals surface area (Å²) in [5, 5.41) is 3.41. The highest BCUT2D eigenvalue weighted by molar-refractivity contribution is 9.10. The molecule has 0 amide bonds. The number of anilines is 1. The summed E-state index contributed by atoms with van der Waals surface area (Å²) < 4.78 is 6.50. The highest BCUT2D eigenvalue weighted by atomic mass is 79.9. The van der Waals surface area contributed by atoms with Crippen molar-refractivity contribution >= 4 is 21.6 Å². The molecule has 2 rings (SSSR count). The minimum absolute atomic E-state index is 0.143. The lowest BCUT2D eigenvalue weighted by atomic mass is 9.86. The van der Waals surface area contributed by atoms with E-state index in [4.69, 9.17) is 4.74 Å². The predicted octanol–water partition coefficient (Wildman–Crippen LogP) is 3.16. The van der Waals surface area contributed by atoms with Crippen LogP contribution in [0.4, 0.5) is 5.69 Å². The molecule has 1 N–H and O–H groups in total. The third kappa shape index (κ3) is 1.31. The summed E-state index contributed by atoms with van der Waals surface area (Å²) in [5.74, 6) is 0.971. The SMILES string of the molecule is COc1ccc(Br)c2c1C(C)(C)CN2. The quantitative estimate of drug-likeness (QED) is 0.833. The maximum absolute atomic E-state index is 5.39. The van der Waals surface area contributed by atoms with Crippen molar-refractivity contribution in [2.45, 2.75) is 19.3 Å². The highest BCUT2D eigenvalue weighted by Gasteiger charge is 2.34. The number of hydrogen-bond donors (Lipinski definition) is 1. The van der Waals surface area contributed by atoms with Gasteiger partial charge in [-0.15, -0.1) is 0 Å². The van der Waals surface area contributed by atoms with Crippen molar-refractivity contribution in [1.82, 2.24) is 0 Å². The fourth-order valence-electron chi connectivity index (χ4n) is 1.97. The molecule has 1 aliphatic heterocycles. The third-order valence-electron chi connectivity index (χ3n) is 2.72. The molecule has 14 heavy (non-hydrogen) atoms. The number of benzene rings is 1. The molecule has 3 heteroatoms. The Morgan fingerprint density at radius 1 is 1.43 bits per heavy atom. The Bertz CT molecular complexity index is 374. The number of halogens is 1. The van der Waals surface area contributed by atoms with Crippen molar-refractivity contribution in [3.8, 4) is 5.75 Å². The fraction of sp³-hybridized carbons (Fsp3) is 0.455. The summed E-state index contributed by atoms with van der Waals surface area (Å²) in [7, 11) is 1.72. The largest absolute Gasteiger partial charge is 0.496 e. The van der Waals surface area contributed by atoms with Crippen molar-refractivity contribution in [1.29, 1.82) is 0 Å². The van der Waals surface area contributed by atoms with E-state index in [1.54, 1.807) is 7.11 Å². The zero-order valence-electron chi connectivity index (χ0n) is 8.65. The Morgan fingerprint density at radius 2 is 2.14 bits per heavy atom. The fourth-order valence-corrected chi connectivity index (χ4v) is 2.44. The van der Waals surface area contributed by atoms with Gasteiger partial charge in [0, 0.05) is 22.0 Å². The lowest BCUT2D eigenvalue weighted by Gasteiger charge is -2.19. The molecule has 2 nitrogen and oxygen atoms in total.